The number of hydrogen-bond donors (Lipinski definition) is 2. The van der Waals surface area contributed by atoms with Crippen molar-refractivity contribution in [1.82, 2.24) is 34.9 Å². The zero-order chi connectivity index (χ0) is 19.9. The van der Waals surface area contributed by atoms with Gasteiger partial charge in [-0.3, -0.25) is 15.0 Å². The SMILES string of the molecule is c1ccc(-c2cncc3[nH]c(-c4c[nH]c5ncc(-c6cccnc6)cc45)nc23)nc1. The maximum Gasteiger partial charge on any atom is 0.140 e. The molecule has 7 heteroatoms. The highest BCUT2D eigenvalue weighted by Crippen LogP contribution is 2.32. The number of nitrogens with one attached hydrogen (secondary N) is 2. The molecule has 30 heavy (non-hydrogen) atoms. The predicted molar refractivity (Wildman–Crippen MR) is 115 cm³/mol. The van der Waals surface area contributed by atoms with Crippen molar-refractivity contribution < 1.29 is 0 Å². The minimum absolute atomic E-state index is 0.756. The summed E-state index contributed by atoms with van der Waals surface area (Å²) >= 11 is 0. The molecule has 0 atom stereocenters. The van der Waals surface area contributed by atoms with Crippen LogP contribution < -0.4 is 0 Å². The Labute approximate surface area is 170 Å². The molecule has 0 saturated heterocycles. The highest BCUT2D eigenvalue weighted by molar-refractivity contribution is 5.97. The summed E-state index contributed by atoms with van der Waals surface area (Å²) in [5, 5.41) is 0.989. The summed E-state index contributed by atoms with van der Waals surface area (Å²) in [4.78, 5) is 29.1. The Morgan fingerprint density at radius 1 is 0.767 bits per heavy atom. The molecule has 0 unspecified atom stereocenters. The van der Waals surface area contributed by atoms with Gasteiger partial charge >= 0.3 is 0 Å². The zero-order valence-electron chi connectivity index (χ0n) is 15.7. The highest BCUT2D eigenvalue weighted by Gasteiger charge is 2.15. The van der Waals surface area contributed by atoms with Crippen molar-refractivity contribution in [2.45, 2.75) is 0 Å². The highest BCUT2D eigenvalue weighted by atomic mass is 15.0. The van der Waals surface area contributed by atoms with Gasteiger partial charge in [0.05, 0.1) is 17.4 Å². The van der Waals surface area contributed by atoms with Crippen molar-refractivity contribution >= 4 is 22.1 Å². The van der Waals surface area contributed by atoms with E-state index in [0.717, 1.165) is 55.8 Å². The Kier molecular flexibility index (Phi) is 3.64. The fraction of sp³-hybridized carbons (Fsp3) is 0. The third-order valence-electron chi connectivity index (χ3n) is 5.12. The Balaban J connectivity index is 1.52. The number of aromatic amines is 2. The first-order chi connectivity index (χ1) is 14.9. The molecule has 6 aromatic heterocycles. The van der Waals surface area contributed by atoms with Gasteiger partial charge in [0.15, 0.2) is 0 Å². The van der Waals surface area contributed by atoms with Crippen LogP contribution in [0.15, 0.2) is 79.8 Å². The van der Waals surface area contributed by atoms with Crippen molar-refractivity contribution in [2.24, 2.45) is 0 Å². The van der Waals surface area contributed by atoms with Crippen LogP contribution in [0.25, 0.3) is 55.8 Å². The minimum Gasteiger partial charge on any atom is -0.345 e. The van der Waals surface area contributed by atoms with E-state index < -0.39 is 0 Å². The van der Waals surface area contributed by atoms with E-state index in [4.69, 9.17) is 4.98 Å². The second-order valence-corrected chi connectivity index (χ2v) is 6.95. The van der Waals surface area contributed by atoms with Crippen molar-refractivity contribution in [2.75, 3.05) is 0 Å². The molecule has 6 rings (SSSR count). The van der Waals surface area contributed by atoms with E-state index in [-0.39, 0.29) is 0 Å². The lowest BCUT2D eigenvalue weighted by atomic mass is 10.1. The monoisotopic (exact) mass is 389 g/mol. The number of rotatable bonds is 3. The second-order valence-electron chi connectivity index (χ2n) is 6.95. The molecule has 7 nitrogen and oxygen atoms in total. The largest absolute Gasteiger partial charge is 0.345 e. The van der Waals surface area contributed by atoms with Crippen molar-refractivity contribution in [1.29, 1.82) is 0 Å². The quantitative estimate of drug-likeness (QED) is 0.460. The lowest BCUT2D eigenvalue weighted by molar-refractivity contribution is 1.29. The lowest BCUT2D eigenvalue weighted by Crippen LogP contribution is -1.85. The van der Waals surface area contributed by atoms with Crippen LogP contribution >= 0.6 is 0 Å². The normalized spacial score (nSPS) is 11.3. The van der Waals surface area contributed by atoms with Gasteiger partial charge in [-0.15, -0.1) is 0 Å². The number of aromatic nitrogens is 7. The van der Waals surface area contributed by atoms with Crippen LogP contribution in [-0.2, 0) is 0 Å². The van der Waals surface area contributed by atoms with Crippen molar-refractivity contribution in [3.63, 3.8) is 0 Å². The second kappa shape index (κ2) is 6.59. The molecule has 2 N–H and O–H groups in total. The van der Waals surface area contributed by atoms with E-state index in [0.29, 0.717) is 0 Å². The number of pyridine rings is 4. The molecule has 6 aromatic rings. The summed E-state index contributed by atoms with van der Waals surface area (Å²) in [7, 11) is 0. The average molecular weight is 389 g/mol. The van der Waals surface area contributed by atoms with Gasteiger partial charge in [0.2, 0.25) is 0 Å². The van der Waals surface area contributed by atoms with Crippen molar-refractivity contribution in [3.8, 4) is 33.8 Å². The van der Waals surface area contributed by atoms with E-state index in [1.165, 1.54) is 0 Å². The molecule has 0 saturated carbocycles. The zero-order valence-corrected chi connectivity index (χ0v) is 15.7. The van der Waals surface area contributed by atoms with Crippen LogP contribution in [-0.4, -0.2) is 34.9 Å². The van der Waals surface area contributed by atoms with E-state index in [9.17, 15) is 0 Å². The Hall–Kier alpha value is -4.39. The first kappa shape index (κ1) is 16.6. The topological polar surface area (TPSA) is 96.0 Å². The molecule has 0 aliphatic carbocycles. The predicted octanol–water partition coefficient (Wildman–Crippen LogP) is 4.63. The Bertz CT molecular complexity index is 1480. The molecule has 0 spiro atoms. The average Bonchev–Trinajstić information content (AvgIpc) is 3.43. The molecule has 0 aromatic carbocycles. The molecular formula is C23H15N7. The smallest absolute Gasteiger partial charge is 0.140 e. The molecule has 0 fully saturated rings. The van der Waals surface area contributed by atoms with E-state index in [1.54, 1.807) is 24.8 Å². The van der Waals surface area contributed by atoms with Crippen LogP contribution in [0.4, 0.5) is 0 Å². The molecule has 0 aliphatic heterocycles. The maximum absolute atomic E-state index is 4.89. The maximum atomic E-state index is 4.89. The van der Waals surface area contributed by atoms with Gasteiger partial charge in [-0.2, -0.15) is 0 Å². The van der Waals surface area contributed by atoms with E-state index in [1.807, 2.05) is 48.9 Å². The van der Waals surface area contributed by atoms with Gasteiger partial charge in [0.25, 0.3) is 0 Å². The van der Waals surface area contributed by atoms with Crippen molar-refractivity contribution in [3.05, 3.63) is 79.8 Å². The fourth-order valence-electron chi connectivity index (χ4n) is 3.66. The van der Waals surface area contributed by atoms with E-state index in [2.05, 4.69) is 36.0 Å². The number of imidazole rings is 1. The van der Waals surface area contributed by atoms with Crippen LogP contribution in [0.2, 0.25) is 0 Å². The van der Waals surface area contributed by atoms with Gasteiger partial charge in [0, 0.05) is 64.8 Å². The molecule has 0 bridgehead atoms. The summed E-state index contributed by atoms with van der Waals surface area (Å²) in [6.45, 7) is 0. The van der Waals surface area contributed by atoms with Crippen LogP contribution in [0, 0.1) is 0 Å². The molecule has 142 valence electrons. The number of fused-ring (bicyclic) bond motifs is 2. The number of H-pyrrole nitrogens is 2. The summed E-state index contributed by atoms with van der Waals surface area (Å²) in [6.07, 6.45) is 12.7. The molecule has 0 aliphatic rings. The van der Waals surface area contributed by atoms with Crippen LogP contribution in [0.1, 0.15) is 0 Å². The van der Waals surface area contributed by atoms with Crippen LogP contribution in [0.3, 0.4) is 0 Å². The first-order valence-corrected chi connectivity index (χ1v) is 9.50. The minimum atomic E-state index is 0.756. The Morgan fingerprint density at radius 3 is 2.63 bits per heavy atom. The molecule has 6 heterocycles. The van der Waals surface area contributed by atoms with Gasteiger partial charge in [-0.05, 0) is 24.3 Å². The fourth-order valence-corrected chi connectivity index (χ4v) is 3.66. The standard InChI is InChI=1S/C23H15N7/c1-2-7-26-19(5-1)18-11-25-13-20-21(18)30-23(29-20)17-12-28-22-16(17)8-15(10-27-22)14-4-3-6-24-9-14/h1-13H,(H,27,28)(H,29,30). The van der Waals surface area contributed by atoms with Gasteiger partial charge in [0.1, 0.15) is 17.0 Å². The number of hydrogen-bond acceptors (Lipinski definition) is 5. The summed E-state index contributed by atoms with van der Waals surface area (Å²) in [5.74, 6) is 0.756. The summed E-state index contributed by atoms with van der Waals surface area (Å²) in [6, 6.07) is 11.9. The van der Waals surface area contributed by atoms with Crippen LogP contribution in [0.5, 0.6) is 0 Å². The third kappa shape index (κ3) is 2.64. The van der Waals surface area contributed by atoms with Gasteiger partial charge < -0.3 is 9.97 Å². The van der Waals surface area contributed by atoms with Gasteiger partial charge in [-0.25, -0.2) is 9.97 Å². The lowest BCUT2D eigenvalue weighted by Gasteiger charge is -2.01. The summed E-state index contributed by atoms with van der Waals surface area (Å²) in [5.41, 5.74) is 7.21. The first-order valence-electron chi connectivity index (χ1n) is 9.50. The molecular weight excluding hydrogens is 374 g/mol. The van der Waals surface area contributed by atoms with Gasteiger partial charge in [-0.1, -0.05) is 12.1 Å². The Morgan fingerprint density at radius 2 is 1.77 bits per heavy atom. The molecule has 0 amide bonds. The molecule has 0 radical (unpaired) electrons. The summed E-state index contributed by atoms with van der Waals surface area (Å²) < 4.78 is 0. The number of nitrogens with zero attached hydrogens (tertiary/aromatic N) is 5. The third-order valence-corrected chi connectivity index (χ3v) is 5.12. The van der Waals surface area contributed by atoms with E-state index >= 15 is 0 Å².